The molecule has 1 aromatic heterocycles. The molecule has 0 aliphatic heterocycles. The molecule has 0 radical (unpaired) electrons. The molecule has 4 nitrogen and oxygen atoms in total. The van der Waals surface area contributed by atoms with E-state index in [1.807, 2.05) is 19.1 Å². The number of nitrogens with one attached hydrogen (secondary N) is 1. The standard InChI is InChI=1S/C17H18N4/c1-3-12-5-7-15(18)17(14(12)4-2)16(19)8-6-13-11-20-9-10-21-13/h3,5-11,19H,1,4,18H2,2H3/b8-6+,19-16?. The molecule has 0 spiro atoms. The molecule has 0 aliphatic carbocycles. The van der Waals surface area contributed by atoms with Crippen LogP contribution in [0.5, 0.6) is 0 Å². The smallest absolute Gasteiger partial charge is 0.0813 e. The quantitative estimate of drug-likeness (QED) is 0.650. The lowest BCUT2D eigenvalue weighted by Gasteiger charge is -2.13. The van der Waals surface area contributed by atoms with Crippen molar-refractivity contribution in [2.45, 2.75) is 13.3 Å². The summed E-state index contributed by atoms with van der Waals surface area (Å²) in [6.07, 6.45) is 10.9. The van der Waals surface area contributed by atoms with Crippen LogP contribution in [0.15, 0.2) is 43.4 Å². The van der Waals surface area contributed by atoms with E-state index in [1.165, 1.54) is 0 Å². The maximum Gasteiger partial charge on any atom is 0.0813 e. The van der Waals surface area contributed by atoms with Gasteiger partial charge in [0, 0.05) is 23.6 Å². The summed E-state index contributed by atoms with van der Waals surface area (Å²) in [5, 5.41) is 8.29. The SMILES string of the molecule is C=Cc1ccc(N)c(C(=N)/C=C/c2cnccn2)c1CC. The molecule has 0 saturated heterocycles. The van der Waals surface area contributed by atoms with Crippen LogP contribution in [-0.4, -0.2) is 15.7 Å². The second-order valence-corrected chi connectivity index (χ2v) is 4.53. The summed E-state index contributed by atoms with van der Waals surface area (Å²) < 4.78 is 0. The van der Waals surface area contributed by atoms with Crippen molar-refractivity contribution in [2.24, 2.45) is 0 Å². The van der Waals surface area contributed by atoms with Gasteiger partial charge in [-0.1, -0.05) is 25.6 Å². The van der Waals surface area contributed by atoms with E-state index in [0.29, 0.717) is 17.1 Å². The third-order valence-corrected chi connectivity index (χ3v) is 3.23. The topological polar surface area (TPSA) is 75.7 Å². The summed E-state index contributed by atoms with van der Waals surface area (Å²) in [7, 11) is 0. The van der Waals surface area contributed by atoms with Gasteiger partial charge in [0.25, 0.3) is 0 Å². The van der Waals surface area contributed by atoms with Crippen molar-refractivity contribution in [3.05, 3.63) is 65.8 Å². The highest BCUT2D eigenvalue weighted by atomic mass is 14.8. The molecule has 2 aromatic rings. The van der Waals surface area contributed by atoms with E-state index in [0.717, 1.165) is 23.1 Å². The minimum absolute atomic E-state index is 0.360. The van der Waals surface area contributed by atoms with E-state index in [1.54, 1.807) is 36.8 Å². The Bertz CT molecular complexity index is 687. The molecule has 106 valence electrons. The molecule has 3 N–H and O–H groups in total. The van der Waals surface area contributed by atoms with Crippen LogP contribution in [0.2, 0.25) is 0 Å². The summed E-state index contributed by atoms with van der Waals surface area (Å²) in [6.45, 7) is 5.86. The Morgan fingerprint density at radius 1 is 1.38 bits per heavy atom. The number of rotatable bonds is 5. The third-order valence-electron chi connectivity index (χ3n) is 3.23. The fraction of sp³-hybridized carbons (Fsp3) is 0.118. The van der Waals surface area contributed by atoms with Crippen molar-refractivity contribution < 1.29 is 0 Å². The van der Waals surface area contributed by atoms with Gasteiger partial charge in [0.2, 0.25) is 0 Å². The Morgan fingerprint density at radius 2 is 2.19 bits per heavy atom. The second kappa shape index (κ2) is 6.61. The Kier molecular flexibility index (Phi) is 4.61. The second-order valence-electron chi connectivity index (χ2n) is 4.53. The zero-order valence-corrected chi connectivity index (χ0v) is 12.0. The van der Waals surface area contributed by atoms with Crippen molar-refractivity contribution in [1.82, 2.24) is 9.97 Å². The normalized spacial score (nSPS) is 10.7. The number of anilines is 1. The van der Waals surface area contributed by atoms with Crippen LogP contribution in [0.25, 0.3) is 12.2 Å². The van der Waals surface area contributed by atoms with Gasteiger partial charge in [-0.05, 0) is 35.8 Å². The van der Waals surface area contributed by atoms with Gasteiger partial charge in [-0.25, -0.2) is 0 Å². The molecule has 0 atom stereocenters. The van der Waals surface area contributed by atoms with Crippen LogP contribution < -0.4 is 5.73 Å². The first kappa shape index (κ1) is 14.7. The highest BCUT2D eigenvalue weighted by Crippen LogP contribution is 2.24. The van der Waals surface area contributed by atoms with Crippen LogP contribution in [0, 0.1) is 5.41 Å². The molecule has 1 aromatic carbocycles. The molecule has 4 heteroatoms. The number of benzene rings is 1. The number of aromatic nitrogens is 2. The van der Waals surface area contributed by atoms with Gasteiger partial charge in [-0.15, -0.1) is 0 Å². The minimum Gasteiger partial charge on any atom is -0.398 e. The zero-order chi connectivity index (χ0) is 15.2. The summed E-state index contributed by atoms with van der Waals surface area (Å²) in [5.74, 6) is 0. The van der Waals surface area contributed by atoms with Gasteiger partial charge in [0.15, 0.2) is 0 Å². The molecule has 0 unspecified atom stereocenters. The Labute approximate surface area is 124 Å². The number of hydrogen-bond acceptors (Lipinski definition) is 4. The minimum atomic E-state index is 0.360. The molecule has 21 heavy (non-hydrogen) atoms. The van der Waals surface area contributed by atoms with Crippen molar-refractivity contribution in [1.29, 1.82) is 5.41 Å². The van der Waals surface area contributed by atoms with Crippen molar-refractivity contribution in [3.63, 3.8) is 0 Å². The van der Waals surface area contributed by atoms with Gasteiger partial charge in [-0.2, -0.15) is 0 Å². The summed E-state index contributed by atoms with van der Waals surface area (Å²) >= 11 is 0. The molecule has 0 amide bonds. The van der Waals surface area contributed by atoms with Gasteiger partial charge in [0.05, 0.1) is 17.6 Å². The summed E-state index contributed by atoms with van der Waals surface area (Å²) in [6, 6.07) is 3.75. The van der Waals surface area contributed by atoms with E-state index in [4.69, 9.17) is 11.1 Å². The first-order valence-electron chi connectivity index (χ1n) is 6.74. The largest absolute Gasteiger partial charge is 0.398 e. The molecule has 0 fully saturated rings. The van der Waals surface area contributed by atoms with Gasteiger partial charge < -0.3 is 11.1 Å². The maximum absolute atomic E-state index is 8.29. The number of hydrogen-bond donors (Lipinski definition) is 2. The molecule has 0 bridgehead atoms. The first-order valence-corrected chi connectivity index (χ1v) is 6.74. The predicted octanol–water partition coefficient (Wildman–Crippen LogP) is 3.35. The van der Waals surface area contributed by atoms with Crippen molar-refractivity contribution in [3.8, 4) is 0 Å². The van der Waals surface area contributed by atoms with Gasteiger partial charge in [-0.3, -0.25) is 9.97 Å². The lowest BCUT2D eigenvalue weighted by atomic mass is 9.93. The Hall–Kier alpha value is -2.75. The molecule has 2 rings (SSSR count). The molecule has 1 heterocycles. The number of nitrogen functional groups attached to an aromatic ring is 1. The maximum atomic E-state index is 8.29. The van der Waals surface area contributed by atoms with Crippen LogP contribution in [0.3, 0.4) is 0 Å². The molecule has 0 aliphatic rings. The number of nitrogens with two attached hydrogens (primary N) is 1. The molecule has 0 saturated carbocycles. The lowest BCUT2D eigenvalue weighted by Crippen LogP contribution is -2.07. The van der Waals surface area contributed by atoms with Crippen LogP contribution in [0.4, 0.5) is 5.69 Å². The van der Waals surface area contributed by atoms with E-state index >= 15 is 0 Å². The molecular weight excluding hydrogens is 260 g/mol. The van der Waals surface area contributed by atoms with E-state index in [-0.39, 0.29) is 0 Å². The van der Waals surface area contributed by atoms with E-state index in [2.05, 4.69) is 16.5 Å². The van der Waals surface area contributed by atoms with E-state index < -0.39 is 0 Å². The first-order chi connectivity index (χ1) is 10.2. The highest BCUT2D eigenvalue weighted by Gasteiger charge is 2.11. The average molecular weight is 278 g/mol. The van der Waals surface area contributed by atoms with Crippen molar-refractivity contribution in [2.75, 3.05) is 5.73 Å². The highest BCUT2D eigenvalue weighted by molar-refractivity contribution is 6.13. The predicted molar refractivity (Wildman–Crippen MR) is 88.2 cm³/mol. The van der Waals surface area contributed by atoms with E-state index in [9.17, 15) is 0 Å². The number of nitrogens with zero attached hydrogens (tertiary/aromatic N) is 2. The fourth-order valence-corrected chi connectivity index (χ4v) is 2.22. The fourth-order valence-electron chi connectivity index (χ4n) is 2.22. The average Bonchev–Trinajstić information content (AvgIpc) is 2.53. The third kappa shape index (κ3) is 3.23. The van der Waals surface area contributed by atoms with Crippen LogP contribution >= 0.6 is 0 Å². The van der Waals surface area contributed by atoms with Crippen molar-refractivity contribution >= 4 is 23.6 Å². The molecular formula is C17H18N4. The monoisotopic (exact) mass is 278 g/mol. The van der Waals surface area contributed by atoms with Crippen LogP contribution in [0.1, 0.15) is 29.3 Å². The Balaban J connectivity index is 2.39. The van der Waals surface area contributed by atoms with Gasteiger partial charge in [0.1, 0.15) is 0 Å². The summed E-state index contributed by atoms with van der Waals surface area (Å²) in [5.41, 5.74) is 10.5. The summed E-state index contributed by atoms with van der Waals surface area (Å²) in [4.78, 5) is 8.14. The lowest BCUT2D eigenvalue weighted by molar-refractivity contribution is 1.13. The Morgan fingerprint density at radius 3 is 2.81 bits per heavy atom. The zero-order valence-electron chi connectivity index (χ0n) is 12.0. The van der Waals surface area contributed by atoms with Gasteiger partial charge >= 0.3 is 0 Å². The van der Waals surface area contributed by atoms with Crippen LogP contribution in [-0.2, 0) is 6.42 Å². The number of allylic oxidation sites excluding steroid dienone is 1.